The number of likely N-dealkylation sites (N-methyl/N-ethyl adjacent to an activating group) is 1. The van der Waals surface area contributed by atoms with E-state index < -0.39 is 11.6 Å². The summed E-state index contributed by atoms with van der Waals surface area (Å²) in [5.74, 6) is 1.88. The predicted molar refractivity (Wildman–Crippen MR) is 93.9 cm³/mol. The zero-order chi connectivity index (χ0) is 18.1. The van der Waals surface area contributed by atoms with E-state index in [1.807, 2.05) is 25.2 Å². The SMILES string of the molecule is COc1cc2c(cc1O)C1(Cc3ccc4c(c3C1O)OCO4)N(C)CC2. The molecule has 136 valence electrons. The van der Waals surface area contributed by atoms with Crippen LogP contribution in [0.4, 0.5) is 0 Å². The maximum absolute atomic E-state index is 11.5. The fourth-order valence-electron chi connectivity index (χ4n) is 4.78. The second kappa shape index (κ2) is 5.28. The lowest BCUT2D eigenvalue weighted by Gasteiger charge is -2.46. The predicted octanol–water partition coefficient (Wildman–Crippen LogP) is 2.10. The fraction of sp³-hybridized carbons (Fsp3) is 0.400. The average Bonchev–Trinajstić information content (AvgIpc) is 3.22. The summed E-state index contributed by atoms with van der Waals surface area (Å²) in [6.07, 6.45) is 0.714. The van der Waals surface area contributed by atoms with Gasteiger partial charge in [-0.05, 0) is 54.8 Å². The van der Waals surface area contributed by atoms with E-state index in [9.17, 15) is 10.2 Å². The van der Waals surface area contributed by atoms with Gasteiger partial charge in [0.25, 0.3) is 0 Å². The summed E-state index contributed by atoms with van der Waals surface area (Å²) in [7, 11) is 3.57. The molecule has 2 unspecified atom stereocenters. The van der Waals surface area contributed by atoms with Gasteiger partial charge in [0.05, 0.1) is 12.6 Å². The minimum Gasteiger partial charge on any atom is -0.504 e. The topological polar surface area (TPSA) is 71.4 Å². The van der Waals surface area contributed by atoms with Crippen molar-refractivity contribution in [3.63, 3.8) is 0 Å². The molecule has 1 spiro atoms. The van der Waals surface area contributed by atoms with Gasteiger partial charge in [-0.15, -0.1) is 0 Å². The number of benzene rings is 2. The third kappa shape index (κ3) is 1.83. The van der Waals surface area contributed by atoms with Crippen LogP contribution in [0.15, 0.2) is 24.3 Å². The molecule has 2 heterocycles. The largest absolute Gasteiger partial charge is 0.504 e. The molecule has 0 saturated heterocycles. The first-order valence-corrected chi connectivity index (χ1v) is 8.77. The Kier molecular flexibility index (Phi) is 3.21. The summed E-state index contributed by atoms with van der Waals surface area (Å²) in [5.41, 5.74) is 3.26. The molecule has 2 N–H and O–H groups in total. The molecule has 1 aliphatic carbocycles. The van der Waals surface area contributed by atoms with Crippen molar-refractivity contribution in [2.24, 2.45) is 0 Å². The first-order chi connectivity index (χ1) is 12.6. The van der Waals surface area contributed by atoms with Gasteiger partial charge in [0.15, 0.2) is 23.0 Å². The monoisotopic (exact) mass is 355 g/mol. The van der Waals surface area contributed by atoms with Crippen LogP contribution in [0.5, 0.6) is 23.0 Å². The Morgan fingerprint density at radius 3 is 2.88 bits per heavy atom. The van der Waals surface area contributed by atoms with Crippen LogP contribution < -0.4 is 14.2 Å². The van der Waals surface area contributed by atoms with Crippen LogP contribution in [0.1, 0.15) is 28.4 Å². The number of aliphatic hydroxyl groups excluding tert-OH is 1. The number of methoxy groups -OCH3 is 1. The molecule has 5 rings (SSSR count). The van der Waals surface area contributed by atoms with Crippen LogP contribution in [-0.4, -0.2) is 42.6 Å². The highest BCUT2D eigenvalue weighted by Crippen LogP contribution is 2.57. The normalized spacial score (nSPS) is 26.0. The van der Waals surface area contributed by atoms with Crippen molar-refractivity contribution < 1.29 is 24.4 Å². The Bertz CT molecular complexity index is 912. The first-order valence-electron chi connectivity index (χ1n) is 8.77. The second-order valence-corrected chi connectivity index (χ2v) is 7.23. The molecule has 0 bridgehead atoms. The highest BCUT2D eigenvalue weighted by atomic mass is 16.7. The molecule has 26 heavy (non-hydrogen) atoms. The minimum absolute atomic E-state index is 0.0916. The van der Waals surface area contributed by atoms with Gasteiger partial charge in [0.1, 0.15) is 6.10 Å². The van der Waals surface area contributed by atoms with Crippen molar-refractivity contribution in [3.8, 4) is 23.0 Å². The van der Waals surface area contributed by atoms with Crippen molar-refractivity contribution in [1.29, 1.82) is 0 Å². The van der Waals surface area contributed by atoms with Crippen molar-refractivity contribution >= 4 is 0 Å². The number of aliphatic hydroxyl groups is 1. The number of phenolic OH excluding ortho intramolecular Hbond substituents is 1. The van der Waals surface area contributed by atoms with Crippen molar-refractivity contribution in [1.82, 2.24) is 4.90 Å². The number of hydrogen-bond donors (Lipinski definition) is 2. The molecule has 0 saturated carbocycles. The van der Waals surface area contributed by atoms with Crippen LogP contribution >= 0.6 is 0 Å². The van der Waals surface area contributed by atoms with E-state index >= 15 is 0 Å². The van der Waals surface area contributed by atoms with E-state index in [1.165, 1.54) is 0 Å². The summed E-state index contributed by atoms with van der Waals surface area (Å²) >= 11 is 0. The van der Waals surface area contributed by atoms with E-state index in [2.05, 4.69) is 4.90 Å². The maximum atomic E-state index is 11.5. The molecular weight excluding hydrogens is 334 g/mol. The van der Waals surface area contributed by atoms with Crippen LogP contribution in [-0.2, 0) is 18.4 Å². The fourth-order valence-corrected chi connectivity index (χ4v) is 4.78. The zero-order valence-corrected chi connectivity index (χ0v) is 14.8. The number of ether oxygens (including phenoxy) is 3. The highest BCUT2D eigenvalue weighted by molar-refractivity contribution is 5.60. The van der Waals surface area contributed by atoms with Crippen LogP contribution in [0, 0.1) is 0 Å². The summed E-state index contributed by atoms with van der Waals surface area (Å²) in [4.78, 5) is 2.19. The molecule has 2 aromatic rings. The number of phenols is 1. The van der Waals surface area contributed by atoms with E-state index in [4.69, 9.17) is 14.2 Å². The molecular formula is C20H21NO5. The van der Waals surface area contributed by atoms with Crippen molar-refractivity contribution in [3.05, 3.63) is 46.5 Å². The Labute approximate surface area is 151 Å². The minimum atomic E-state index is -0.772. The Morgan fingerprint density at radius 2 is 2.08 bits per heavy atom. The third-order valence-corrected chi connectivity index (χ3v) is 6.12. The third-order valence-electron chi connectivity index (χ3n) is 6.12. The van der Waals surface area contributed by atoms with Crippen LogP contribution in [0.3, 0.4) is 0 Å². The molecule has 2 aromatic carbocycles. The Morgan fingerprint density at radius 1 is 1.23 bits per heavy atom. The van der Waals surface area contributed by atoms with Gasteiger partial charge >= 0.3 is 0 Å². The van der Waals surface area contributed by atoms with E-state index in [-0.39, 0.29) is 12.5 Å². The summed E-state index contributed by atoms with van der Waals surface area (Å²) in [6, 6.07) is 7.55. The Balaban J connectivity index is 1.72. The average molecular weight is 355 g/mol. The van der Waals surface area contributed by atoms with Gasteiger partial charge in [-0.3, -0.25) is 4.90 Å². The first kappa shape index (κ1) is 15.8. The van der Waals surface area contributed by atoms with Gasteiger partial charge in [0.2, 0.25) is 6.79 Å². The quantitative estimate of drug-likeness (QED) is 0.816. The molecule has 6 nitrogen and oxygen atoms in total. The number of aromatic hydroxyl groups is 1. The standard InChI is InChI=1S/C20H21NO5/c1-21-6-5-11-7-16(24-2)14(22)8-13(11)20(21)9-12-3-4-15-18(26-10-25-15)17(12)19(20)23/h3-4,7-8,19,22-23H,5-6,9-10H2,1-2H3. The lowest BCUT2D eigenvalue weighted by molar-refractivity contribution is -0.0206. The van der Waals surface area contributed by atoms with E-state index in [0.717, 1.165) is 35.2 Å². The number of rotatable bonds is 1. The van der Waals surface area contributed by atoms with Gasteiger partial charge in [-0.1, -0.05) is 6.07 Å². The van der Waals surface area contributed by atoms with Gasteiger partial charge in [-0.25, -0.2) is 0 Å². The van der Waals surface area contributed by atoms with Gasteiger partial charge in [0, 0.05) is 12.1 Å². The molecule has 0 amide bonds. The second-order valence-electron chi connectivity index (χ2n) is 7.23. The zero-order valence-electron chi connectivity index (χ0n) is 14.8. The lowest BCUT2D eigenvalue weighted by Crippen LogP contribution is -2.51. The molecule has 0 radical (unpaired) electrons. The summed E-state index contributed by atoms with van der Waals surface area (Å²) < 4.78 is 16.4. The highest BCUT2D eigenvalue weighted by Gasteiger charge is 2.54. The molecule has 3 aliphatic rings. The maximum Gasteiger partial charge on any atom is 0.231 e. The van der Waals surface area contributed by atoms with Gasteiger partial charge < -0.3 is 24.4 Å². The molecule has 6 heteroatoms. The van der Waals surface area contributed by atoms with Crippen LogP contribution in [0.25, 0.3) is 0 Å². The molecule has 0 aromatic heterocycles. The molecule has 2 aliphatic heterocycles. The smallest absolute Gasteiger partial charge is 0.231 e. The molecule has 0 fully saturated rings. The Hall–Kier alpha value is -2.44. The number of hydrogen-bond acceptors (Lipinski definition) is 6. The van der Waals surface area contributed by atoms with Crippen molar-refractivity contribution in [2.75, 3.05) is 27.5 Å². The van der Waals surface area contributed by atoms with Gasteiger partial charge in [-0.2, -0.15) is 0 Å². The summed E-state index contributed by atoms with van der Waals surface area (Å²) in [6.45, 7) is 0.988. The van der Waals surface area contributed by atoms with E-state index in [1.54, 1.807) is 13.2 Å². The van der Waals surface area contributed by atoms with Crippen molar-refractivity contribution in [2.45, 2.75) is 24.5 Å². The number of fused-ring (bicyclic) bond motifs is 5. The lowest BCUT2D eigenvalue weighted by atomic mass is 9.77. The number of nitrogens with zero attached hydrogens (tertiary/aromatic N) is 1. The molecule has 2 atom stereocenters. The summed E-state index contributed by atoms with van der Waals surface area (Å²) in [5, 5.41) is 21.8. The van der Waals surface area contributed by atoms with E-state index in [0.29, 0.717) is 23.7 Å². The van der Waals surface area contributed by atoms with Crippen LogP contribution in [0.2, 0.25) is 0 Å².